The Morgan fingerprint density at radius 1 is 1.59 bits per heavy atom. The molecule has 2 rings (SSSR count). The van der Waals surface area contributed by atoms with Crippen molar-refractivity contribution in [1.82, 2.24) is 15.0 Å². The van der Waals surface area contributed by atoms with Gasteiger partial charge in [-0.05, 0) is 13.5 Å². The van der Waals surface area contributed by atoms with Crippen molar-refractivity contribution >= 4 is 0 Å². The van der Waals surface area contributed by atoms with Gasteiger partial charge in [0.1, 0.15) is 6.10 Å². The quantitative estimate of drug-likeness (QED) is 0.723. The molecule has 1 aliphatic rings. The van der Waals surface area contributed by atoms with Crippen molar-refractivity contribution in [3.63, 3.8) is 0 Å². The summed E-state index contributed by atoms with van der Waals surface area (Å²) in [7, 11) is 2.05. The van der Waals surface area contributed by atoms with E-state index in [-0.39, 0.29) is 6.10 Å². The standard InChI is InChI=1S/C11H16N4O2/c1-15-6-7-16-9(8-15)11-13-10(17-14-11)4-2-3-5-12/h9H,2-4,6-8H2,1H3. The zero-order valence-electron chi connectivity index (χ0n) is 9.93. The van der Waals surface area contributed by atoms with Gasteiger partial charge in [0, 0.05) is 25.9 Å². The number of nitrogens with zero attached hydrogens (tertiary/aromatic N) is 4. The lowest BCUT2D eigenvalue weighted by Crippen LogP contribution is -2.35. The minimum atomic E-state index is -0.0952. The number of likely N-dealkylation sites (N-methyl/N-ethyl adjacent to an activating group) is 1. The number of rotatable bonds is 4. The molecule has 17 heavy (non-hydrogen) atoms. The fraction of sp³-hybridized carbons (Fsp3) is 0.727. The topological polar surface area (TPSA) is 75.2 Å². The van der Waals surface area contributed by atoms with Crippen molar-refractivity contribution in [2.75, 3.05) is 26.7 Å². The van der Waals surface area contributed by atoms with E-state index in [0.29, 0.717) is 31.2 Å². The van der Waals surface area contributed by atoms with Gasteiger partial charge in [-0.1, -0.05) is 5.16 Å². The first-order valence-corrected chi connectivity index (χ1v) is 5.79. The summed E-state index contributed by atoms with van der Waals surface area (Å²) in [6.07, 6.45) is 1.83. The Balaban J connectivity index is 1.91. The Kier molecular flexibility index (Phi) is 4.07. The number of aryl methyl sites for hydroxylation is 1. The molecule has 0 spiro atoms. The number of ether oxygens (including phenoxy) is 1. The molecule has 92 valence electrons. The highest BCUT2D eigenvalue weighted by molar-refractivity contribution is 4.94. The van der Waals surface area contributed by atoms with E-state index in [1.165, 1.54) is 0 Å². The van der Waals surface area contributed by atoms with Crippen molar-refractivity contribution in [1.29, 1.82) is 5.26 Å². The highest BCUT2D eigenvalue weighted by atomic mass is 16.5. The summed E-state index contributed by atoms with van der Waals surface area (Å²) in [5.41, 5.74) is 0. The van der Waals surface area contributed by atoms with Crippen LogP contribution in [0.4, 0.5) is 0 Å². The first-order chi connectivity index (χ1) is 8.29. The second kappa shape index (κ2) is 5.75. The average molecular weight is 236 g/mol. The molecule has 1 atom stereocenters. The van der Waals surface area contributed by atoms with Crippen molar-refractivity contribution in [3.05, 3.63) is 11.7 Å². The van der Waals surface area contributed by atoms with Crippen molar-refractivity contribution < 1.29 is 9.26 Å². The number of hydrogen-bond acceptors (Lipinski definition) is 6. The number of hydrogen-bond donors (Lipinski definition) is 0. The van der Waals surface area contributed by atoms with Crippen LogP contribution in [0.25, 0.3) is 0 Å². The maximum Gasteiger partial charge on any atom is 0.226 e. The fourth-order valence-electron chi connectivity index (χ4n) is 1.75. The summed E-state index contributed by atoms with van der Waals surface area (Å²) in [4.78, 5) is 6.48. The number of morpholine rings is 1. The van der Waals surface area contributed by atoms with E-state index in [1.54, 1.807) is 0 Å². The lowest BCUT2D eigenvalue weighted by molar-refractivity contribution is -0.0264. The Bertz CT molecular complexity index is 398. The second-order valence-corrected chi connectivity index (χ2v) is 4.18. The molecule has 1 fully saturated rings. The average Bonchev–Trinajstić information content (AvgIpc) is 2.78. The van der Waals surface area contributed by atoms with Crippen molar-refractivity contribution in [2.24, 2.45) is 0 Å². The van der Waals surface area contributed by atoms with Crippen LogP contribution >= 0.6 is 0 Å². The molecule has 1 unspecified atom stereocenters. The highest BCUT2D eigenvalue weighted by Gasteiger charge is 2.24. The van der Waals surface area contributed by atoms with Crippen LogP contribution < -0.4 is 0 Å². The van der Waals surface area contributed by atoms with Crippen molar-refractivity contribution in [3.8, 4) is 6.07 Å². The van der Waals surface area contributed by atoms with Crippen LogP contribution in [0.1, 0.15) is 30.7 Å². The maximum atomic E-state index is 8.44. The monoisotopic (exact) mass is 236 g/mol. The largest absolute Gasteiger partial charge is 0.367 e. The number of aromatic nitrogens is 2. The van der Waals surface area contributed by atoms with Gasteiger partial charge in [-0.15, -0.1) is 0 Å². The lowest BCUT2D eigenvalue weighted by Gasteiger charge is -2.27. The molecule has 0 bridgehead atoms. The number of nitriles is 1. The molecule has 2 heterocycles. The zero-order chi connectivity index (χ0) is 12.1. The van der Waals surface area contributed by atoms with Crippen LogP contribution in [0.15, 0.2) is 4.52 Å². The summed E-state index contributed by atoms with van der Waals surface area (Å²) in [5, 5.41) is 12.4. The van der Waals surface area contributed by atoms with Gasteiger partial charge >= 0.3 is 0 Å². The summed E-state index contributed by atoms with van der Waals surface area (Å²) < 4.78 is 10.7. The summed E-state index contributed by atoms with van der Waals surface area (Å²) in [5.74, 6) is 1.20. The van der Waals surface area contributed by atoms with Gasteiger partial charge < -0.3 is 14.2 Å². The molecule has 1 saturated heterocycles. The predicted molar refractivity (Wildman–Crippen MR) is 59.0 cm³/mol. The van der Waals surface area contributed by atoms with Gasteiger partial charge in [0.05, 0.1) is 12.7 Å². The van der Waals surface area contributed by atoms with E-state index in [9.17, 15) is 0 Å². The van der Waals surface area contributed by atoms with Crippen LogP contribution in [-0.2, 0) is 11.2 Å². The third-order valence-corrected chi connectivity index (χ3v) is 2.72. The molecule has 0 radical (unpaired) electrons. The summed E-state index contributed by atoms with van der Waals surface area (Å²) in [6, 6.07) is 2.09. The first-order valence-electron chi connectivity index (χ1n) is 5.79. The third-order valence-electron chi connectivity index (χ3n) is 2.72. The molecular weight excluding hydrogens is 220 g/mol. The predicted octanol–water partition coefficient (Wildman–Crippen LogP) is 0.919. The van der Waals surface area contributed by atoms with Crippen LogP contribution in [0.2, 0.25) is 0 Å². The van der Waals surface area contributed by atoms with E-state index >= 15 is 0 Å². The third kappa shape index (κ3) is 3.25. The fourth-order valence-corrected chi connectivity index (χ4v) is 1.75. The zero-order valence-corrected chi connectivity index (χ0v) is 9.93. The summed E-state index contributed by atoms with van der Waals surface area (Å²) >= 11 is 0. The SMILES string of the molecule is CN1CCOC(c2noc(CCCC#N)n2)C1. The Hall–Kier alpha value is -1.45. The lowest BCUT2D eigenvalue weighted by atomic mass is 10.2. The Labute approximate surface area is 100 Å². The van der Waals surface area contributed by atoms with Gasteiger partial charge in [0.25, 0.3) is 0 Å². The van der Waals surface area contributed by atoms with E-state index in [2.05, 4.69) is 21.1 Å². The molecule has 6 nitrogen and oxygen atoms in total. The second-order valence-electron chi connectivity index (χ2n) is 4.18. The molecule has 1 aromatic rings. The van der Waals surface area contributed by atoms with Crippen LogP contribution in [0, 0.1) is 11.3 Å². The summed E-state index contributed by atoms with van der Waals surface area (Å²) in [6.45, 7) is 2.42. The molecule has 1 aliphatic heterocycles. The van der Waals surface area contributed by atoms with E-state index in [0.717, 1.165) is 19.5 Å². The van der Waals surface area contributed by atoms with Gasteiger partial charge in [-0.3, -0.25) is 0 Å². The molecule has 0 aliphatic carbocycles. The van der Waals surface area contributed by atoms with Crippen LogP contribution in [0.3, 0.4) is 0 Å². The smallest absolute Gasteiger partial charge is 0.226 e. The minimum Gasteiger partial charge on any atom is -0.367 e. The van der Waals surface area contributed by atoms with E-state index < -0.39 is 0 Å². The number of unbranched alkanes of at least 4 members (excludes halogenated alkanes) is 1. The molecule has 1 aromatic heterocycles. The van der Waals surface area contributed by atoms with E-state index in [1.807, 2.05) is 7.05 Å². The molecule has 6 heteroatoms. The van der Waals surface area contributed by atoms with Gasteiger partial charge in [0.2, 0.25) is 11.7 Å². The first kappa shape index (κ1) is 12.0. The highest BCUT2D eigenvalue weighted by Crippen LogP contribution is 2.19. The van der Waals surface area contributed by atoms with Gasteiger partial charge in [-0.2, -0.15) is 10.2 Å². The van der Waals surface area contributed by atoms with Crippen LogP contribution in [-0.4, -0.2) is 41.8 Å². The van der Waals surface area contributed by atoms with Gasteiger partial charge in [0.15, 0.2) is 0 Å². The van der Waals surface area contributed by atoms with Gasteiger partial charge in [-0.25, -0.2) is 0 Å². The Morgan fingerprint density at radius 3 is 3.24 bits per heavy atom. The molecule has 0 amide bonds. The van der Waals surface area contributed by atoms with E-state index in [4.69, 9.17) is 14.5 Å². The minimum absolute atomic E-state index is 0.0952. The molecule has 0 N–H and O–H groups in total. The molecule has 0 saturated carbocycles. The molecular formula is C11H16N4O2. The van der Waals surface area contributed by atoms with Crippen LogP contribution in [0.5, 0.6) is 0 Å². The van der Waals surface area contributed by atoms with Crippen molar-refractivity contribution in [2.45, 2.75) is 25.4 Å². The maximum absolute atomic E-state index is 8.44. The normalized spacial score (nSPS) is 21.3. The molecule has 0 aromatic carbocycles. The Morgan fingerprint density at radius 2 is 2.47 bits per heavy atom.